The van der Waals surface area contributed by atoms with Crippen LogP contribution in [0.25, 0.3) is 11.1 Å². The Bertz CT molecular complexity index is 595. The predicted octanol–water partition coefficient (Wildman–Crippen LogP) is 2.12. The zero-order chi connectivity index (χ0) is 13.9. The van der Waals surface area contributed by atoms with Crippen LogP contribution >= 0.6 is 0 Å². The van der Waals surface area contributed by atoms with E-state index >= 15 is 0 Å². The molecule has 1 unspecified atom stereocenters. The van der Waals surface area contributed by atoms with Gasteiger partial charge in [0.05, 0.1) is 6.10 Å². The molecule has 1 aliphatic rings. The van der Waals surface area contributed by atoms with E-state index in [1.807, 2.05) is 42.5 Å². The van der Waals surface area contributed by atoms with Gasteiger partial charge in [-0.2, -0.15) is 0 Å². The van der Waals surface area contributed by atoms with Crippen LogP contribution in [0.4, 0.5) is 0 Å². The van der Waals surface area contributed by atoms with E-state index in [9.17, 15) is 5.11 Å². The fourth-order valence-electron chi connectivity index (χ4n) is 2.26. The average Bonchev–Trinajstić information content (AvgIpc) is 2.54. The van der Waals surface area contributed by atoms with Crippen molar-refractivity contribution >= 4 is 0 Å². The van der Waals surface area contributed by atoms with Gasteiger partial charge in [0.25, 0.3) is 0 Å². The second-order valence-electron chi connectivity index (χ2n) is 4.73. The van der Waals surface area contributed by atoms with Gasteiger partial charge < -0.3 is 20.3 Å². The Morgan fingerprint density at radius 1 is 0.950 bits per heavy atom. The normalized spacial score (nSPS) is 14.9. The van der Waals surface area contributed by atoms with E-state index in [2.05, 4.69) is 0 Å². The number of rotatable bonds is 3. The van der Waals surface area contributed by atoms with Crippen LogP contribution in [0.5, 0.6) is 11.5 Å². The van der Waals surface area contributed by atoms with Crippen molar-refractivity contribution in [2.45, 2.75) is 6.10 Å². The van der Waals surface area contributed by atoms with Crippen LogP contribution in [0.3, 0.4) is 0 Å². The smallest absolute Gasteiger partial charge is 0.161 e. The largest absolute Gasteiger partial charge is 0.486 e. The molecule has 3 N–H and O–H groups in total. The molecule has 4 heteroatoms. The molecule has 0 fully saturated rings. The number of hydrogen-bond donors (Lipinski definition) is 2. The fraction of sp³-hybridized carbons (Fsp3) is 0.250. The van der Waals surface area contributed by atoms with Crippen LogP contribution in [-0.2, 0) is 0 Å². The summed E-state index contributed by atoms with van der Waals surface area (Å²) in [5.74, 6) is 1.56. The summed E-state index contributed by atoms with van der Waals surface area (Å²) < 4.78 is 11.1. The molecule has 0 aliphatic carbocycles. The fourth-order valence-corrected chi connectivity index (χ4v) is 2.26. The van der Waals surface area contributed by atoms with E-state index in [0.29, 0.717) is 13.2 Å². The first-order chi connectivity index (χ1) is 9.78. The van der Waals surface area contributed by atoms with E-state index in [1.165, 1.54) is 0 Å². The van der Waals surface area contributed by atoms with Crippen molar-refractivity contribution in [3.8, 4) is 22.6 Å². The lowest BCUT2D eigenvalue weighted by Gasteiger charge is -2.19. The highest BCUT2D eigenvalue weighted by molar-refractivity contribution is 5.67. The number of benzene rings is 2. The van der Waals surface area contributed by atoms with Crippen LogP contribution < -0.4 is 15.2 Å². The van der Waals surface area contributed by atoms with Crippen molar-refractivity contribution < 1.29 is 14.6 Å². The van der Waals surface area contributed by atoms with Crippen LogP contribution in [0, 0.1) is 0 Å². The van der Waals surface area contributed by atoms with Crippen molar-refractivity contribution in [3.05, 3.63) is 48.0 Å². The van der Waals surface area contributed by atoms with Gasteiger partial charge >= 0.3 is 0 Å². The molecular formula is C16H17NO3. The topological polar surface area (TPSA) is 64.7 Å². The van der Waals surface area contributed by atoms with Crippen LogP contribution in [0.2, 0.25) is 0 Å². The minimum absolute atomic E-state index is 0.226. The first kappa shape index (κ1) is 13.0. The Kier molecular flexibility index (Phi) is 3.58. The maximum Gasteiger partial charge on any atom is 0.161 e. The molecule has 0 bridgehead atoms. The lowest BCUT2D eigenvalue weighted by Crippen LogP contribution is -2.15. The third-order valence-corrected chi connectivity index (χ3v) is 3.39. The first-order valence-corrected chi connectivity index (χ1v) is 6.66. The minimum Gasteiger partial charge on any atom is -0.486 e. The van der Waals surface area contributed by atoms with Crippen molar-refractivity contribution in [1.29, 1.82) is 0 Å². The van der Waals surface area contributed by atoms with Gasteiger partial charge in [0.15, 0.2) is 11.5 Å². The molecule has 2 aromatic carbocycles. The van der Waals surface area contributed by atoms with Gasteiger partial charge in [-0.05, 0) is 28.8 Å². The Morgan fingerprint density at radius 2 is 1.60 bits per heavy atom. The van der Waals surface area contributed by atoms with Gasteiger partial charge in [-0.1, -0.05) is 30.3 Å². The summed E-state index contributed by atoms with van der Waals surface area (Å²) in [6.07, 6.45) is -0.607. The summed E-state index contributed by atoms with van der Waals surface area (Å²) in [6, 6.07) is 13.6. The van der Waals surface area contributed by atoms with Crippen molar-refractivity contribution in [2.24, 2.45) is 5.73 Å². The molecule has 4 nitrogen and oxygen atoms in total. The molecule has 0 saturated carbocycles. The van der Waals surface area contributed by atoms with Crippen molar-refractivity contribution in [3.63, 3.8) is 0 Å². The SMILES string of the molecule is NCC(O)c1ccc(-c2ccc3c(c2)OCCO3)cc1. The van der Waals surface area contributed by atoms with Crippen LogP contribution in [0.15, 0.2) is 42.5 Å². The minimum atomic E-state index is -0.607. The molecule has 104 valence electrons. The molecule has 0 spiro atoms. The van der Waals surface area contributed by atoms with Gasteiger partial charge in [0.1, 0.15) is 13.2 Å². The monoisotopic (exact) mass is 271 g/mol. The molecule has 0 amide bonds. The van der Waals surface area contributed by atoms with E-state index in [4.69, 9.17) is 15.2 Å². The van der Waals surface area contributed by atoms with Gasteiger partial charge in [-0.3, -0.25) is 0 Å². The van der Waals surface area contributed by atoms with Crippen LogP contribution in [0.1, 0.15) is 11.7 Å². The summed E-state index contributed by atoms with van der Waals surface area (Å²) in [7, 11) is 0. The molecule has 0 radical (unpaired) electrons. The van der Waals surface area contributed by atoms with Crippen molar-refractivity contribution in [1.82, 2.24) is 0 Å². The maximum absolute atomic E-state index is 9.69. The zero-order valence-corrected chi connectivity index (χ0v) is 11.1. The molecular weight excluding hydrogens is 254 g/mol. The Balaban J connectivity index is 1.89. The number of fused-ring (bicyclic) bond motifs is 1. The number of aliphatic hydroxyl groups is 1. The molecule has 1 heterocycles. The quantitative estimate of drug-likeness (QED) is 0.897. The average molecular weight is 271 g/mol. The van der Waals surface area contributed by atoms with E-state index < -0.39 is 6.10 Å². The highest BCUT2D eigenvalue weighted by Gasteiger charge is 2.12. The highest BCUT2D eigenvalue weighted by Crippen LogP contribution is 2.34. The number of aliphatic hydroxyl groups excluding tert-OH is 1. The summed E-state index contributed by atoms with van der Waals surface area (Å²) >= 11 is 0. The molecule has 3 rings (SSSR count). The molecule has 1 atom stereocenters. The molecule has 2 aromatic rings. The Hall–Kier alpha value is -2.04. The van der Waals surface area contributed by atoms with Crippen molar-refractivity contribution in [2.75, 3.05) is 19.8 Å². The van der Waals surface area contributed by atoms with Crippen LogP contribution in [-0.4, -0.2) is 24.9 Å². The predicted molar refractivity (Wildman–Crippen MR) is 76.9 cm³/mol. The molecule has 0 saturated heterocycles. The third kappa shape index (κ3) is 2.48. The second kappa shape index (κ2) is 5.53. The maximum atomic E-state index is 9.69. The van der Waals surface area contributed by atoms with Gasteiger partial charge in [-0.15, -0.1) is 0 Å². The lowest BCUT2D eigenvalue weighted by atomic mass is 10.0. The summed E-state index contributed by atoms with van der Waals surface area (Å²) in [4.78, 5) is 0. The third-order valence-electron chi connectivity index (χ3n) is 3.39. The standard InChI is InChI=1S/C16H17NO3/c17-10-14(18)12-3-1-11(2-4-12)13-5-6-15-16(9-13)20-8-7-19-15/h1-6,9,14,18H,7-8,10,17H2. The number of ether oxygens (including phenoxy) is 2. The van der Waals surface area contributed by atoms with E-state index in [1.54, 1.807) is 0 Å². The summed E-state index contributed by atoms with van der Waals surface area (Å²) in [5.41, 5.74) is 8.40. The molecule has 20 heavy (non-hydrogen) atoms. The summed E-state index contributed by atoms with van der Waals surface area (Å²) in [5, 5.41) is 9.69. The van der Waals surface area contributed by atoms with E-state index in [-0.39, 0.29) is 6.54 Å². The van der Waals surface area contributed by atoms with Gasteiger partial charge in [0.2, 0.25) is 0 Å². The van der Waals surface area contributed by atoms with Gasteiger partial charge in [-0.25, -0.2) is 0 Å². The number of hydrogen-bond acceptors (Lipinski definition) is 4. The lowest BCUT2D eigenvalue weighted by molar-refractivity contribution is 0.171. The number of nitrogens with two attached hydrogens (primary N) is 1. The Labute approximate surface area is 117 Å². The molecule has 1 aliphatic heterocycles. The van der Waals surface area contributed by atoms with E-state index in [0.717, 1.165) is 28.2 Å². The van der Waals surface area contributed by atoms with Gasteiger partial charge in [0, 0.05) is 6.54 Å². The zero-order valence-electron chi connectivity index (χ0n) is 11.1. The Morgan fingerprint density at radius 3 is 2.30 bits per heavy atom. The first-order valence-electron chi connectivity index (χ1n) is 6.66. The second-order valence-corrected chi connectivity index (χ2v) is 4.73. The summed E-state index contributed by atoms with van der Waals surface area (Å²) in [6.45, 7) is 1.40. The molecule has 0 aromatic heterocycles. The highest BCUT2D eigenvalue weighted by atomic mass is 16.6.